The third-order valence-electron chi connectivity index (χ3n) is 0. The van der Waals surface area contributed by atoms with Crippen LogP contribution < -0.4 is 0 Å². The molecule has 5 heavy (non-hydrogen) atoms. The molecule has 1 heteroatoms. The molecule has 0 aliphatic carbocycles. The molecule has 0 fully saturated rings. The first kappa shape index (κ1) is 5.80. The first-order valence-electron chi connectivity index (χ1n) is 1.75. The van der Waals surface area contributed by atoms with Crippen LogP contribution in [-0.4, -0.2) is 22.5 Å². The molecule has 0 nitrogen and oxygen atoms in total. The van der Waals surface area contributed by atoms with E-state index in [0.29, 0.717) is 3.43 Å². The van der Waals surface area contributed by atoms with Crippen molar-refractivity contribution in [3.63, 3.8) is 0 Å². The van der Waals surface area contributed by atoms with Crippen LogP contribution in [0.4, 0.5) is 0 Å². The molecule has 26 valence electrons. The Bertz CT molecular complexity index is 19.1. The van der Waals surface area contributed by atoms with Gasteiger partial charge in [0, 0.05) is 0 Å². The maximum atomic E-state index is 2.23. The van der Waals surface area contributed by atoms with E-state index < -0.39 is 0 Å². The molecule has 0 atom stereocenters. The second-order valence-corrected chi connectivity index (χ2v) is 6.53. The average molecular weight is 176 g/mol. The topological polar surface area (TPSA) is 0 Å². The van der Waals surface area contributed by atoms with Gasteiger partial charge in [-0.25, -0.2) is 0 Å². The molecule has 0 amide bonds. The number of hydrogen-bond donors (Lipinski definition) is 0. The third-order valence-corrected chi connectivity index (χ3v) is 0. The average Bonchev–Trinajstić information content (AvgIpc) is 0.722. The van der Waals surface area contributed by atoms with Gasteiger partial charge in [-0.15, -0.1) is 0 Å². The Morgan fingerprint density at radius 2 is 1.20 bits per heavy atom. The molecule has 0 aromatic heterocycles. The van der Waals surface area contributed by atoms with E-state index in [1.807, 2.05) is 0 Å². The predicted molar refractivity (Wildman–Crippen MR) is 25.5 cm³/mol. The van der Waals surface area contributed by atoms with Crippen molar-refractivity contribution in [2.75, 3.05) is 0 Å². The third kappa shape index (κ3) is 58.9. The summed E-state index contributed by atoms with van der Waals surface area (Å²) in [4.78, 5) is 0. The van der Waals surface area contributed by atoms with Gasteiger partial charge in [0.2, 0.25) is 0 Å². The number of rotatable bonds is 0. The van der Waals surface area contributed by atoms with E-state index in [-0.39, 0.29) is 0 Å². The van der Waals surface area contributed by atoms with Gasteiger partial charge >= 0.3 is 46.7 Å². The maximum absolute atomic E-state index is 2.23. The van der Waals surface area contributed by atoms with Crippen LogP contribution in [-0.2, 0) is 0 Å². The molecule has 0 rings (SSSR count). The van der Waals surface area contributed by atoms with E-state index in [4.69, 9.17) is 0 Å². The fourth-order valence-electron chi connectivity index (χ4n) is 0. The van der Waals surface area contributed by atoms with Gasteiger partial charge in [-0.05, 0) is 0 Å². The van der Waals surface area contributed by atoms with Crippen molar-refractivity contribution in [2.45, 2.75) is 24.2 Å². The molecule has 0 aliphatic heterocycles. The van der Waals surface area contributed by atoms with E-state index >= 15 is 0 Å². The zero-order valence-corrected chi connectivity index (χ0v) is 6.85. The minimum atomic E-state index is 0.590. The molecule has 0 aromatic carbocycles. The Hall–Kier alpha value is 0.799. The molecular weight excluding hydrogens is 167 g/mol. The second-order valence-electron chi connectivity index (χ2n) is 2.25. The van der Waals surface area contributed by atoms with Gasteiger partial charge in [-0.3, -0.25) is 0 Å². The van der Waals surface area contributed by atoms with E-state index in [1.165, 1.54) is 0 Å². The summed E-state index contributed by atoms with van der Waals surface area (Å²) >= 11 is 1.62. The molecule has 0 aliphatic rings. The molecule has 0 radical (unpaired) electrons. The van der Waals surface area contributed by atoms with Crippen LogP contribution in [0.3, 0.4) is 0 Å². The van der Waals surface area contributed by atoms with Crippen molar-refractivity contribution in [3.05, 3.63) is 0 Å². The van der Waals surface area contributed by atoms with Crippen molar-refractivity contribution in [3.8, 4) is 0 Å². The van der Waals surface area contributed by atoms with Crippen molar-refractivity contribution >= 4 is 22.5 Å². The fraction of sp³-hybridized carbons (Fsp3) is 1.00. The Morgan fingerprint density at radius 1 is 1.20 bits per heavy atom. The Morgan fingerprint density at radius 3 is 1.20 bits per heavy atom. The second kappa shape index (κ2) is 1.50. The molecular formula is C4H9Sn+3. The molecule has 0 N–H and O–H groups in total. The van der Waals surface area contributed by atoms with Gasteiger partial charge in [-0.1, -0.05) is 0 Å². The summed E-state index contributed by atoms with van der Waals surface area (Å²) in [6.07, 6.45) is 0. The van der Waals surface area contributed by atoms with Crippen LogP contribution in [0.5, 0.6) is 0 Å². The zero-order valence-electron chi connectivity index (χ0n) is 4.00. The van der Waals surface area contributed by atoms with Crippen LogP contribution in [0.2, 0.25) is 3.43 Å². The van der Waals surface area contributed by atoms with Crippen LogP contribution in [0.1, 0.15) is 20.8 Å². The first-order chi connectivity index (χ1) is 2.00. The molecule has 0 unspecified atom stereocenters. The van der Waals surface area contributed by atoms with Crippen molar-refractivity contribution < 1.29 is 0 Å². The summed E-state index contributed by atoms with van der Waals surface area (Å²) in [5.74, 6) is 0. The summed E-state index contributed by atoms with van der Waals surface area (Å²) in [6.45, 7) is 6.68. The zero-order chi connectivity index (χ0) is 4.50. The van der Waals surface area contributed by atoms with E-state index in [0.717, 1.165) is 0 Å². The summed E-state index contributed by atoms with van der Waals surface area (Å²) in [5, 5.41) is 0. The Kier molecular flexibility index (Phi) is 1.74. The molecule has 0 saturated carbocycles. The van der Waals surface area contributed by atoms with Gasteiger partial charge in [0.05, 0.1) is 0 Å². The van der Waals surface area contributed by atoms with E-state index in [9.17, 15) is 0 Å². The summed E-state index contributed by atoms with van der Waals surface area (Å²) < 4.78 is 0.590. The summed E-state index contributed by atoms with van der Waals surface area (Å²) in [7, 11) is 0. The Balaban J connectivity index is 3.02. The first-order valence-corrected chi connectivity index (χ1v) is 3.18. The quantitative estimate of drug-likeness (QED) is 0.489. The normalized spacial score (nSPS) is 12.2. The number of hydrogen-bond acceptors (Lipinski definition) is 0. The van der Waals surface area contributed by atoms with Crippen molar-refractivity contribution in [1.29, 1.82) is 0 Å². The van der Waals surface area contributed by atoms with Gasteiger partial charge < -0.3 is 0 Å². The SMILES string of the molecule is C[C](C)(C)[Sn+3]. The van der Waals surface area contributed by atoms with Gasteiger partial charge in [0.15, 0.2) is 0 Å². The molecule has 0 bridgehead atoms. The van der Waals surface area contributed by atoms with Crippen LogP contribution in [0, 0.1) is 0 Å². The van der Waals surface area contributed by atoms with Crippen LogP contribution in [0.15, 0.2) is 0 Å². The molecule has 0 heterocycles. The standard InChI is InChI=1S/C4H9.Sn/c1-4(2)3;/h1-3H3;/q;+3. The van der Waals surface area contributed by atoms with Crippen LogP contribution in [0.25, 0.3) is 0 Å². The molecule has 0 aromatic rings. The van der Waals surface area contributed by atoms with Gasteiger partial charge in [0.1, 0.15) is 0 Å². The van der Waals surface area contributed by atoms with Gasteiger partial charge in [0.25, 0.3) is 0 Å². The monoisotopic (exact) mass is 177 g/mol. The predicted octanol–water partition coefficient (Wildman–Crippen LogP) is 1.37. The van der Waals surface area contributed by atoms with Crippen LogP contribution >= 0.6 is 0 Å². The van der Waals surface area contributed by atoms with Crippen molar-refractivity contribution in [1.82, 2.24) is 0 Å². The molecule has 0 saturated heterocycles. The summed E-state index contributed by atoms with van der Waals surface area (Å²) in [5.41, 5.74) is 0. The Labute approximate surface area is 47.0 Å². The minimum absolute atomic E-state index is 0.590. The van der Waals surface area contributed by atoms with E-state index in [2.05, 4.69) is 20.8 Å². The fourth-order valence-corrected chi connectivity index (χ4v) is 0. The van der Waals surface area contributed by atoms with E-state index in [1.54, 1.807) is 22.5 Å². The van der Waals surface area contributed by atoms with Crippen molar-refractivity contribution in [2.24, 2.45) is 0 Å². The van der Waals surface area contributed by atoms with Gasteiger partial charge in [-0.2, -0.15) is 0 Å². The molecule has 0 spiro atoms. The summed E-state index contributed by atoms with van der Waals surface area (Å²) in [6, 6.07) is 0.